The molecule has 1 N–H and O–H groups in total. The molecule has 0 aliphatic carbocycles. The molecule has 0 spiro atoms. The molecule has 1 aromatic carbocycles. The van der Waals surface area contributed by atoms with Gasteiger partial charge in [-0.3, -0.25) is 0 Å². The molecule has 0 radical (unpaired) electrons. The number of ether oxygens (including phenoxy) is 1. The van der Waals surface area contributed by atoms with Gasteiger partial charge in [0.1, 0.15) is 5.75 Å². The van der Waals surface area contributed by atoms with Crippen molar-refractivity contribution < 1.29 is 9.84 Å². The summed E-state index contributed by atoms with van der Waals surface area (Å²) in [6, 6.07) is 5.73. The monoisotopic (exact) mass is 180 g/mol. The quantitative estimate of drug-likeness (QED) is 0.774. The second kappa shape index (κ2) is 4.28. The molecule has 0 fully saturated rings. The van der Waals surface area contributed by atoms with Crippen LogP contribution in [0.2, 0.25) is 0 Å². The Morgan fingerprint density at radius 1 is 1.46 bits per heavy atom. The van der Waals surface area contributed by atoms with Crippen molar-refractivity contribution in [1.82, 2.24) is 0 Å². The molecule has 1 rings (SSSR count). The van der Waals surface area contributed by atoms with Crippen molar-refractivity contribution in [2.75, 3.05) is 7.11 Å². The Labute approximate surface area is 79.2 Å². The van der Waals surface area contributed by atoms with Gasteiger partial charge in [0.15, 0.2) is 0 Å². The van der Waals surface area contributed by atoms with Crippen LogP contribution >= 0.6 is 0 Å². The van der Waals surface area contributed by atoms with Crippen molar-refractivity contribution in [3.63, 3.8) is 0 Å². The van der Waals surface area contributed by atoms with E-state index < -0.39 is 0 Å². The second-order valence-electron chi connectivity index (χ2n) is 3.15. The number of methoxy groups -OCH3 is 1. The molecule has 72 valence electrons. The molecule has 0 saturated carbocycles. The van der Waals surface area contributed by atoms with Gasteiger partial charge in [0, 0.05) is 0 Å². The first-order chi connectivity index (χ1) is 6.19. The molecular weight excluding hydrogens is 164 g/mol. The lowest BCUT2D eigenvalue weighted by atomic mass is 10.0. The van der Waals surface area contributed by atoms with Gasteiger partial charge >= 0.3 is 0 Å². The number of rotatable bonds is 3. The van der Waals surface area contributed by atoms with Gasteiger partial charge in [0.2, 0.25) is 0 Å². The molecule has 0 bridgehead atoms. The van der Waals surface area contributed by atoms with Gasteiger partial charge in [0.25, 0.3) is 0 Å². The zero-order valence-electron chi connectivity index (χ0n) is 8.37. The third kappa shape index (κ3) is 2.22. The lowest BCUT2D eigenvalue weighted by molar-refractivity contribution is 0.173. The SMILES string of the molecule is CC[C@H](O)c1ccc(OC)cc1C. The van der Waals surface area contributed by atoms with E-state index in [-0.39, 0.29) is 6.10 Å². The average molecular weight is 180 g/mol. The van der Waals surface area contributed by atoms with Crippen LogP contribution < -0.4 is 4.74 Å². The Balaban J connectivity index is 2.98. The first-order valence-corrected chi connectivity index (χ1v) is 4.51. The van der Waals surface area contributed by atoms with Gasteiger partial charge in [-0.2, -0.15) is 0 Å². The Morgan fingerprint density at radius 3 is 2.62 bits per heavy atom. The van der Waals surface area contributed by atoms with Gasteiger partial charge in [-0.25, -0.2) is 0 Å². The molecule has 2 heteroatoms. The van der Waals surface area contributed by atoms with E-state index in [4.69, 9.17) is 4.74 Å². The summed E-state index contributed by atoms with van der Waals surface area (Å²) < 4.78 is 5.08. The summed E-state index contributed by atoms with van der Waals surface area (Å²) in [7, 11) is 1.64. The van der Waals surface area contributed by atoms with Gasteiger partial charge in [0.05, 0.1) is 13.2 Å². The highest BCUT2D eigenvalue weighted by Crippen LogP contribution is 2.23. The number of hydrogen-bond donors (Lipinski definition) is 1. The number of benzene rings is 1. The van der Waals surface area contributed by atoms with Crippen LogP contribution in [0.4, 0.5) is 0 Å². The fourth-order valence-corrected chi connectivity index (χ4v) is 1.37. The largest absolute Gasteiger partial charge is 0.497 e. The van der Waals surface area contributed by atoms with E-state index in [1.807, 2.05) is 32.0 Å². The molecule has 0 heterocycles. The van der Waals surface area contributed by atoms with Crippen LogP contribution in [0.25, 0.3) is 0 Å². The molecule has 0 aromatic heterocycles. The minimum absolute atomic E-state index is 0.356. The number of aryl methyl sites for hydroxylation is 1. The Bertz CT molecular complexity index is 281. The summed E-state index contributed by atoms with van der Waals surface area (Å²) >= 11 is 0. The topological polar surface area (TPSA) is 29.5 Å². The van der Waals surface area contributed by atoms with Gasteiger partial charge in [-0.05, 0) is 36.6 Å². The highest BCUT2D eigenvalue weighted by Gasteiger charge is 2.07. The van der Waals surface area contributed by atoms with Crippen LogP contribution in [0.15, 0.2) is 18.2 Å². The van der Waals surface area contributed by atoms with Crippen LogP contribution in [0.3, 0.4) is 0 Å². The predicted molar refractivity (Wildman–Crippen MR) is 53.0 cm³/mol. The summed E-state index contributed by atoms with van der Waals surface area (Å²) in [5.74, 6) is 0.838. The van der Waals surface area contributed by atoms with E-state index in [1.54, 1.807) is 7.11 Å². The predicted octanol–water partition coefficient (Wildman–Crippen LogP) is 2.45. The summed E-state index contributed by atoms with van der Waals surface area (Å²) in [5.41, 5.74) is 2.07. The summed E-state index contributed by atoms with van der Waals surface area (Å²) in [6.45, 7) is 3.95. The van der Waals surface area contributed by atoms with Gasteiger partial charge in [-0.1, -0.05) is 13.0 Å². The van der Waals surface area contributed by atoms with E-state index >= 15 is 0 Å². The van der Waals surface area contributed by atoms with Crippen molar-refractivity contribution >= 4 is 0 Å². The fraction of sp³-hybridized carbons (Fsp3) is 0.455. The van der Waals surface area contributed by atoms with E-state index in [0.29, 0.717) is 0 Å². The zero-order chi connectivity index (χ0) is 9.84. The lowest BCUT2D eigenvalue weighted by Crippen LogP contribution is -1.98. The first-order valence-electron chi connectivity index (χ1n) is 4.51. The van der Waals surface area contributed by atoms with Crippen LogP contribution in [0.5, 0.6) is 5.75 Å². The molecule has 13 heavy (non-hydrogen) atoms. The second-order valence-corrected chi connectivity index (χ2v) is 3.15. The smallest absolute Gasteiger partial charge is 0.119 e. The van der Waals surface area contributed by atoms with Crippen molar-refractivity contribution in [1.29, 1.82) is 0 Å². The van der Waals surface area contributed by atoms with E-state index in [0.717, 1.165) is 23.3 Å². The number of aliphatic hydroxyl groups is 1. The molecular formula is C11H16O2. The molecule has 1 aromatic rings. The van der Waals surface area contributed by atoms with Crippen LogP contribution in [-0.4, -0.2) is 12.2 Å². The molecule has 0 saturated heterocycles. The maximum absolute atomic E-state index is 9.63. The minimum Gasteiger partial charge on any atom is -0.497 e. The summed E-state index contributed by atoms with van der Waals surface area (Å²) in [5, 5.41) is 9.63. The van der Waals surface area contributed by atoms with Crippen LogP contribution in [0.1, 0.15) is 30.6 Å². The Kier molecular flexibility index (Phi) is 3.32. The minimum atomic E-state index is -0.356. The maximum Gasteiger partial charge on any atom is 0.119 e. The van der Waals surface area contributed by atoms with Crippen LogP contribution in [0, 0.1) is 6.92 Å². The highest BCUT2D eigenvalue weighted by atomic mass is 16.5. The zero-order valence-corrected chi connectivity index (χ0v) is 8.37. The lowest BCUT2D eigenvalue weighted by Gasteiger charge is -2.12. The van der Waals surface area contributed by atoms with Crippen molar-refractivity contribution in [2.24, 2.45) is 0 Å². The maximum atomic E-state index is 9.63. The molecule has 1 atom stereocenters. The first kappa shape index (κ1) is 10.1. The highest BCUT2D eigenvalue weighted by molar-refractivity contribution is 5.35. The molecule has 0 amide bonds. The summed E-state index contributed by atoms with van der Waals surface area (Å²) in [4.78, 5) is 0. The fourth-order valence-electron chi connectivity index (χ4n) is 1.37. The van der Waals surface area contributed by atoms with Crippen molar-refractivity contribution in [3.8, 4) is 5.75 Å². The molecule has 0 aliphatic rings. The van der Waals surface area contributed by atoms with E-state index in [2.05, 4.69) is 0 Å². The Hall–Kier alpha value is -1.02. The average Bonchev–Trinajstić information content (AvgIpc) is 2.16. The van der Waals surface area contributed by atoms with Gasteiger partial charge < -0.3 is 9.84 Å². The number of hydrogen-bond acceptors (Lipinski definition) is 2. The van der Waals surface area contributed by atoms with Crippen molar-refractivity contribution in [3.05, 3.63) is 29.3 Å². The molecule has 0 aliphatic heterocycles. The third-order valence-corrected chi connectivity index (χ3v) is 2.22. The number of aliphatic hydroxyl groups excluding tert-OH is 1. The van der Waals surface area contributed by atoms with Crippen LogP contribution in [-0.2, 0) is 0 Å². The Morgan fingerprint density at radius 2 is 2.15 bits per heavy atom. The third-order valence-electron chi connectivity index (χ3n) is 2.22. The van der Waals surface area contributed by atoms with E-state index in [9.17, 15) is 5.11 Å². The molecule has 2 nitrogen and oxygen atoms in total. The molecule has 0 unspecified atom stereocenters. The summed E-state index contributed by atoms with van der Waals surface area (Å²) in [6.07, 6.45) is 0.388. The normalized spacial score (nSPS) is 12.6. The van der Waals surface area contributed by atoms with E-state index in [1.165, 1.54) is 0 Å². The van der Waals surface area contributed by atoms with Gasteiger partial charge in [-0.15, -0.1) is 0 Å². The standard InChI is InChI=1S/C11H16O2/c1-4-11(12)10-6-5-9(13-3)7-8(10)2/h5-7,11-12H,4H2,1-3H3/t11-/m0/s1. The van der Waals surface area contributed by atoms with Crippen molar-refractivity contribution in [2.45, 2.75) is 26.4 Å².